The van der Waals surface area contributed by atoms with Crippen molar-refractivity contribution in [2.45, 2.75) is 0 Å². The number of aromatic hydroxyl groups is 2. The lowest BCUT2D eigenvalue weighted by Crippen LogP contribution is -2.17. The van der Waals surface area contributed by atoms with Crippen LogP contribution in [0.5, 0.6) is 11.5 Å². The molecule has 25 heavy (non-hydrogen) atoms. The molecule has 3 N–H and O–H groups in total. The molecule has 0 heterocycles. The van der Waals surface area contributed by atoms with E-state index in [1.165, 1.54) is 12.3 Å². The fourth-order valence-electron chi connectivity index (χ4n) is 2.32. The number of phenols is 2. The first-order valence-electron chi connectivity index (χ1n) is 7.19. The first kappa shape index (κ1) is 17.3. The molecule has 0 radical (unpaired) electrons. The van der Waals surface area contributed by atoms with Gasteiger partial charge in [-0.2, -0.15) is 5.10 Å². The first-order chi connectivity index (χ1) is 12.0. The second-order valence-electron chi connectivity index (χ2n) is 5.24. The summed E-state index contributed by atoms with van der Waals surface area (Å²) in [6, 6.07) is 13.6. The molecule has 0 aliphatic rings. The minimum atomic E-state index is -0.569. The maximum Gasteiger partial charge on any atom is 0.275 e. The minimum absolute atomic E-state index is 0.104. The standard InChI is InChI=1S/C18H12BrClN2O3/c19-13-5-12(17(24)15(20)8-13)9-21-22-18(25)14-6-10-3-1-2-4-11(10)7-16(14)23/h1-9,23-24H,(H,22,25)/b21-9+. The molecule has 0 spiro atoms. The third kappa shape index (κ3) is 3.75. The highest BCUT2D eigenvalue weighted by atomic mass is 79.9. The Morgan fingerprint density at radius 1 is 1.12 bits per heavy atom. The van der Waals surface area contributed by atoms with Crippen LogP contribution < -0.4 is 5.43 Å². The number of hydrogen-bond acceptors (Lipinski definition) is 4. The van der Waals surface area contributed by atoms with E-state index in [-0.39, 0.29) is 22.1 Å². The molecule has 0 aliphatic heterocycles. The van der Waals surface area contributed by atoms with E-state index in [1.54, 1.807) is 18.2 Å². The minimum Gasteiger partial charge on any atom is -0.507 e. The summed E-state index contributed by atoms with van der Waals surface area (Å²) in [7, 11) is 0. The highest BCUT2D eigenvalue weighted by molar-refractivity contribution is 9.10. The number of nitrogens with zero attached hydrogens (tertiary/aromatic N) is 1. The van der Waals surface area contributed by atoms with E-state index < -0.39 is 5.91 Å². The predicted octanol–water partition coefficient (Wildman–Crippen LogP) is 4.43. The van der Waals surface area contributed by atoms with Crippen molar-refractivity contribution in [3.05, 3.63) is 69.2 Å². The fraction of sp³-hybridized carbons (Fsp3) is 0. The molecule has 3 aromatic rings. The lowest BCUT2D eigenvalue weighted by atomic mass is 10.1. The molecule has 0 fully saturated rings. The molecule has 3 rings (SSSR count). The summed E-state index contributed by atoms with van der Waals surface area (Å²) in [6.45, 7) is 0. The van der Waals surface area contributed by atoms with Gasteiger partial charge in [0, 0.05) is 10.0 Å². The zero-order valence-electron chi connectivity index (χ0n) is 12.7. The van der Waals surface area contributed by atoms with Crippen molar-refractivity contribution in [1.82, 2.24) is 5.43 Å². The van der Waals surface area contributed by atoms with Crippen molar-refractivity contribution in [2.75, 3.05) is 0 Å². The molecule has 1 amide bonds. The van der Waals surface area contributed by atoms with Gasteiger partial charge in [0.25, 0.3) is 5.91 Å². The summed E-state index contributed by atoms with van der Waals surface area (Å²) in [5.74, 6) is -0.851. The number of halogens is 2. The van der Waals surface area contributed by atoms with Crippen LogP contribution in [0.1, 0.15) is 15.9 Å². The Bertz CT molecular complexity index is 1010. The molecule has 126 valence electrons. The van der Waals surface area contributed by atoms with Crippen LogP contribution in [0.3, 0.4) is 0 Å². The summed E-state index contributed by atoms with van der Waals surface area (Å²) < 4.78 is 0.662. The summed E-state index contributed by atoms with van der Waals surface area (Å²) in [4.78, 5) is 12.2. The number of hydrazone groups is 1. The lowest BCUT2D eigenvalue weighted by Gasteiger charge is -2.06. The van der Waals surface area contributed by atoms with Crippen LogP contribution in [0.2, 0.25) is 5.02 Å². The van der Waals surface area contributed by atoms with E-state index in [2.05, 4.69) is 26.5 Å². The maximum atomic E-state index is 12.2. The third-order valence-electron chi connectivity index (χ3n) is 3.54. The van der Waals surface area contributed by atoms with Gasteiger partial charge in [0.15, 0.2) is 0 Å². The number of nitrogens with one attached hydrogen (secondary N) is 1. The van der Waals surface area contributed by atoms with Crippen LogP contribution in [0, 0.1) is 0 Å². The second-order valence-corrected chi connectivity index (χ2v) is 6.56. The normalized spacial score (nSPS) is 11.1. The zero-order chi connectivity index (χ0) is 18.0. The molecular formula is C18H12BrClN2O3. The number of phenolic OH excluding ortho intramolecular Hbond substituents is 2. The highest BCUT2D eigenvalue weighted by Crippen LogP contribution is 2.30. The number of hydrogen-bond donors (Lipinski definition) is 3. The van der Waals surface area contributed by atoms with Crippen molar-refractivity contribution in [3.63, 3.8) is 0 Å². The zero-order valence-corrected chi connectivity index (χ0v) is 15.0. The molecule has 0 aliphatic carbocycles. The Morgan fingerprint density at radius 3 is 2.52 bits per heavy atom. The van der Waals surface area contributed by atoms with Gasteiger partial charge in [-0.1, -0.05) is 51.8 Å². The Balaban J connectivity index is 1.82. The van der Waals surface area contributed by atoms with Gasteiger partial charge in [-0.3, -0.25) is 4.79 Å². The van der Waals surface area contributed by atoms with E-state index in [0.717, 1.165) is 10.8 Å². The van der Waals surface area contributed by atoms with Crippen LogP contribution in [0.25, 0.3) is 10.8 Å². The van der Waals surface area contributed by atoms with Crippen LogP contribution in [-0.2, 0) is 0 Å². The first-order valence-corrected chi connectivity index (χ1v) is 8.36. The predicted molar refractivity (Wildman–Crippen MR) is 101 cm³/mol. The van der Waals surface area contributed by atoms with Gasteiger partial charge in [-0.25, -0.2) is 5.43 Å². The fourth-order valence-corrected chi connectivity index (χ4v) is 3.15. The number of benzene rings is 3. The van der Waals surface area contributed by atoms with Gasteiger partial charge >= 0.3 is 0 Å². The number of rotatable bonds is 3. The van der Waals surface area contributed by atoms with Crippen LogP contribution in [-0.4, -0.2) is 22.3 Å². The van der Waals surface area contributed by atoms with Crippen LogP contribution >= 0.6 is 27.5 Å². The number of carbonyl (C=O) groups is 1. The van der Waals surface area contributed by atoms with Crippen molar-refractivity contribution in [3.8, 4) is 11.5 Å². The number of amides is 1. The highest BCUT2D eigenvalue weighted by Gasteiger charge is 2.12. The molecular weight excluding hydrogens is 408 g/mol. The van der Waals surface area contributed by atoms with E-state index in [0.29, 0.717) is 10.0 Å². The molecule has 0 saturated heterocycles. The molecule has 0 atom stereocenters. The Kier molecular flexibility index (Phi) is 4.92. The van der Waals surface area contributed by atoms with Gasteiger partial charge in [-0.05, 0) is 35.0 Å². The third-order valence-corrected chi connectivity index (χ3v) is 4.28. The molecule has 0 bridgehead atoms. The Labute approximate surface area is 156 Å². The quantitative estimate of drug-likeness (QED) is 0.434. The van der Waals surface area contributed by atoms with Gasteiger partial charge in [0.1, 0.15) is 11.5 Å². The average molecular weight is 420 g/mol. The summed E-state index contributed by atoms with van der Waals surface area (Å²) >= 11 is 9.13. The van der Waals surface area contributed by atoms with E-state index in [1.807, 2.05) is 24.3 Å². The second kappa shape index (κ2) is 7.13. The van der Waals surface area contributed by atoms with Crippen LogP contribution in [0.4, 0.5) is 0 Å². The Hall–Kier alpha value is -2.57. The average Bonchev–Trinajstić information content (AvgIpc) is 2.58. The van der Waals surface area contributed by atoms with Crippen molar-refractivity contribution < 1.29 is 15.0 Å². The van der Waals surface area contributed by atoms with Gasteiger partial charge in [-0.15, -0.1) is 0 Å². The number of fused-ring (bicyclic) bond motifs is 1. The van der Waals surface area contributed by atoms with Gasteiger partial charge in [0.05, 0.1) is 16.8 Å². The van der Waals surface area contributed by atoms with E-state index in [9.17, 15) is 15.0 Å². The molecule has 0 aromatic heterocycles. The smallest absolute Gasteiger partial charge is 0.275 e. The monoisotopic (exact) mass is 418 g/mol. The summed E-state index contributed by atoms with van der Waals surface area (Å²) in [6.07, 6.45) is 1.27. The number of carbonyl (C=O) groups excluding carboxylic acids is 1. The summed E-state index contributed by atoms with van der Waals surface area (Å²) in [5.41, 5.74) is 2.76. The summed E-state index contributed by atoms with van der Waals surface area (Å²) in [5, 5.41) is 25.5. The Morgan fingerprint density at radius 2 is 1.80 bits per heavy atom. The SMILES string of the molecule is O=C(N/N=C/c1cc(Br)cc(Cl)c1O)c1cc2ccccc2cc1O. The topological polar surface area (TPSA) is 81.9 Å². The van der Waals surface area contributed by atoms with Crippen molar-refractivity contribution >= 4 is 50.4 Å². The largest absolute Gasteiger partial charge is 0.507 e. The van der Waals surface area contributed by atoms with E-state index >= 15 is 0 Å². The molecule has 5 nitrogen and oxygen atoms in total. The molecule has 0 unspecified atom stereocenters. The van der Waals surface area contributed by atoms with Crippen molar-refractivity contribution in [2.24, 2.45) is 5.10 Å². The molecule has 0 saturated carbocycles. The lowest BCUT2D eigenvalue weighted by molar-refractivity contribution is 0.0952. The van der Waals surface area contributed by atoms with Gasteiger partial charge < -0.3 is 10.2 Å². The molecule has 7 heteroatoms. The van der Waals surface area contributed by atoms with Crippen LogP contribution in [0.15, 0.2) is 58.1 Å². The van der Waals surface area contributed by atoms with Gasteiger partial charge in [0.2, 0.25) is 0 Å². The van der Waals surface area contributed by atoms with Crippen molar-refractivity contribution in [1.29, 1.82) is 0 Å². The molecule has 3 aromatic carbocycles. The maximum absolute atomic E-state index is 12.2. The van der Waals surface area contributed by atoms with E-state index in [4.69, 9.17) is 11.6 Å².